The number of nitrogens with one attached hydrogen (secondary N) is 1. The van der Waals surface area contributed by atoms with E-state index < -0.39 is 17.0 Å². The zero-order valence-electron chi connectivity index (χ0n) is 26.1. The number of fused-ring (bicyclic) bond motifs is 1. The maximum absolute atomic E-state index is 13.3. The van der Waals surface area contributed by atoms with Gasteiger partial charge in [-0.3, -0.25) is 19.7 Å². The van der Waals surface area contributed by atoms with Gasteiger partial charge >= 0.3 is 6.03 Å². The largest absolute Gasteiger partial charge is 0.329 e. The van der Waals surface area contributed by atoms with Gasteiger partial charge < -0.3 is 10.6 Å². The molecule has 2 atom stereocenters. The number of benzene rings is 2. The van der Waals surface area contributed by atoms with Crippen molar-refractivity contribution in [1.82, 2.24) is 24.3 Å². The number of anilines is 1. The second-order valence-corrected chi connectivity index (χ2v) is 14.3. The molecule has 0 saturated carbocycles. The van der Waals surface area contributed by atoms with Gasteiger partial charge in [0.25, 0.3) is 0 Å². The van der Waals surface area contributed by atoms with Crippen molar-refractivity contribution in [3.05, 3.63) is 53.1 Å². The van der Waals surface area contributed by atoms with Gasteiger partial charge in [-0.25, -0.2) is 13.3 Å². The van der Waals surface area contributed by atoms with Crippen LogP contribution < -0.4 is 16.0 Å². The van der Waals surface area contributed by atoms with Crippen molar-refractivity contribution in [1.29, 1.82) is 5.26 Å². The maximum Gasteiger partial charge on any atom is 0.329 e. The number of nitrogens with two attached hydrogens (primary N) is 1. The highest BCUT2D eigenvalue weighted by Crippen LogP contribution is 2.34. The summed E-state index contributed by atoms with van der Waals surface area (Å²) in [5, 5.41) is 17.7. The minimum Gasteiger partial charge on any atom is -0.328 e. The quantitative estimate of drug-likeness (QED) is 0.389. The number of aryl methyl sites for hydroxylation is 1. The lowest BCUT2D eigenvalue weighted by Crippen LogP contribution is -2.49. The predicted molar refractivity (Wildman–Crippen MR) is 174 cm³/mol. The molecule has 238 valence electrons. The number of hydrogen-bond donors (Lipinski definition) is 2. The van der Waals surface area contributed by atoms with Gasteiger partial charge in [0.2, 0.25) is 5.91 Å². The Bertz CT molecular complexity index is 1650. The average Bonchev–Trinajstić information content (AvgIpc) is 3.36. The lowest BCUT2D eigenvalue weighted by molar-refractivity contribution is -0.120. The first-order valence-corrected chi connectivity index (χ1v) is 17.1. The van der Waals surface area contributed by atoms with Gasteiger partial charge in [-0.15, -0.1) is 0 Å². The lowest BCUT2D eigenvalue weighted by atomic mass is 9.88. The molecule has 45 heavy (non-hydrogen) atoms. The number of rotatable bonds is 8. The van der Waals surface area contributed by atoms with Crippen molar-refractivity contribution in [2.24, 2.45) is 18.7 Å². The number of likely N-dealkylation sites (tertiary alicyclic amines) is 1. The van der Waals surface area contributed by atoms with Crippen LogP contribution in [-0.2, 0) is 29.2 Å². The van der Waals surface area contributed by atoms with Gasteiger partial charge in [0.15, 0.2) is 5.82 Å². The number of nitriles is 1. The fraction of sp³-hybridized carbons (Fsp3) is 0.515. The standard InChI is InChI=1S/C33H42N8O3S/c1-22(17-26-18-28(5-3-25(26)20-34)45(44)40-14-9-27(35)10-15-40)21-39-12-7-23(8-13-39)24-4-6-29-30(19-24)38(2)37-32(29)41-16-11-31(42)36-33(41)43/h3-6,18-19,22-23,27H,7-17,21,35H2,1-2H3,(H,36,42,43). The molecule has 3 N–H and O–H groups in total. The number of hydrogen-bond acceptors (Lipinski definition) is 7. The molecule has 3 aromatic rings. The zero-order valence-corrected chi connectivity index (χ0v) is 26.9. The third-order valence-corrected chi connectivity index (χ3v) is 11.0. The second kappa shape index (κ2) is 13.4. The summed E-state index contributed by atoms with van der Waals surface area (Å²) in [5.41, 5.74) is 9.92. The Morgan fingerprint density at radius 1 is 1.07 bits per heavy atom. The Labute approximate surface area is 266 Å². The summed E-state index contributed by atoms with van der Waals surface area (Å²) in [4.78, 5) is 28.9. The van der Waals surface area contributed by atoms with Crippen molar-refractivity contribution >= 4 is 39.6 Å². The van der Waals surface area contributed by atoms with Crippen LogP contribution in [0.4, 0.5) is 10.6 Å². The van der Waals surface area contributed by atoms with Crippen molar-refractivity contribution < 1.29 is 13.8 Å². The SMILES string of the molecule is CC(Cc1cc(S(=O)N2CCC(N)CC2)ccc1C#N)CN1CCC(c2ccc3c(N4CCC(=O)NC4=O)nn(C)c3c2)CC1. The van der Waals surface area contributed by atoms with Crippen molar-refractivity contribution in [2.45, 2.75) is 62.3 Å². The molecular formula is C33H42N8O3S. The molecule has 0 aliphatic carbocycles. The van der Waals surface area contributed by atoms with Crippen LogP contribution in [0.25, 0.3) is 10.9 Å². The molecule has 12 heteroatoms. The van der Waals surface area contributed by atoms with Gasteiger partial charge in [-0.05, 0) is 98.5 Å². The Kier molecular flexibility index (Phi) is 9.33. The Morgan fingerprint density at radius 3 is 2.53 bits per heavy atom. The summed E-state index contributed by atoms with van der Waals surface area (Å²) in [7, 11) is 0.648. The fourth-order valence-electron chi connectivity index (χ4n) is 6.95. The van der Waals surface area contributed by atoms with E-state index in [2.05, 4.69) is 46.5 Å². The van der Waals surface area contributed by atoms with E-state index >= 15 is 0 Å². The van der Waals surface area contributed by atoms with E-state index in [0.717, 1.165) is 86.2 Å². The molecule has 1 aromatic heterocycles. The smallest absolute Gasteiger partial charge is 0.328 e. The van der Waals surface area contributed by atoms with E-state index in [1.807, 2.05) is 34.2 Å². The molecule has 3 saturated heterocycles. The highest BCUT2D eigenvalue weighted by atomic mass is 32.2. The highest BCUT2D eigenvalue weighted by Gasteiger charge is 2.29. The third kappa shape index (κ3) is 6.82. The van der Waals surface area contributed by atoms with Crippen LogP contribution in [0.15, 0.2) is 41.3 Å². The topological polar surface area (TPSA) is 141 Å². The van der Waals surface area contributed by atoms with Gasteiger partial charge in [-0.1, -0.05) is 13.0 Å². The highest BCUT2D eigenvalue weighted by molar-refractivity contribution is 7.82. The van der Waals surface area contributed by atoms with Gasteiger partial charge in [-0.2, -0.15) is 10.4 Å². The number of nitrogens with zero attached hydrogens (tertiary/aromatic N) is 6. The maximum atomic E-state index is 13.3. The summed E-state index contributed by atoms with van der Waals surface area (Å²) < 4.78 is 17.1. The average molecular weight is 631 g/mol. The first-order valence-electron chi connectivity index (χ1n) is 16.0. The Balaban J connectivity index is 1.06. The molecule has 4 heterocycles. The van der Waals surface area contributed by atoms with Crippen LogP contribution in [0.2, 0.25) is 0 Å². The predicted octanol–water partition coefficient (Wildman–Crippen LogP) is 3.40. The van der Waals surface area contributed by atoms with Crippen molar-refractivity contribution in [3.8, 4) is 6.07 Å². The molecule has 3 aliphatic heterocycles. The summed E-state index contributed by atoms with van der Waals surface area (Å²) in [6.07, 6.45) is 4.84. The van der Waals surface area contributed by atoms with E-state index in [-0.39, 0.29) is 18.4 Å². The van der Waals surface area contributed by atoms with Gasteiger partial charge in [0.1, 0.15) is 11.0 Å². The molecule has 2 unspecified atom stereocenters. The van der Waals surface area contributed by atoms with Gasteiger partial charge in [0, 0.05) is 51.1 Å². The number of urea groups is 1. The van der Waals surface area contributed by atoms with Crippen molar-refractivity contribution in [3.63, 3.8) is 0 Å². The van der Waals surface area contributed by atoms with Crippen LogP contribution in [-0.4, -0.2) is 80.4 Å². The summed E-state index contributed by atoms with van der Waals surface area (Å²) in [6, 6.07) is 14.1. The molecule has 3 fully saturated rings. The number of imide groups is 1. The van der Waals surface area contributed by atoms with Crippen LogP contribution in [0.3, 0.4) is 0 Å². The molecule has 0 radical (unpaired) electrons. The monoisotopic (exact) mass is 630 g/mol. The van der Waals surface area contributed by atoms with E-state index in [4.69, 9.17) is 5.73 Å². The zero-order chi connectivity index (χ0) is 31.7. The number of carbonyl (C=O) groups excluding carboxylic acids is 2. The number of aromatic nitrogens is 2. The van der Waals surface area contributed by atoms with Crippen molar-refractivity contribution in [2.75, 3.05) is 44.2 Å². The van der Waals surface area contributed by atoms with E-state index in [1.165, 1.54) is 5.56 Å². The summed E-state index contributed by atoms with van der Waals surface area (Å²) in [5.74, 6) is 1.11. The van der Waals surface area contributed by atoms with E-state index in [9.17, 15) is 19.1 Å². The first kappa shape index (κ1) is 31.4. The third-order valence-electron chi connectivity index (χ3n) is 9.49. The number of amides is 3. The molecule has 6 rings (SSSR count). The molecule has 3 aliphatic rings. The molecule has 3 amide bonds. The van der Waals surface area contributed by atoms with E-state index in [0.29, 0.717) is 29.8 Å². The fourth-order valence-corrected chi connectivity index (χ4v) is 8.22. The van der Waals surface area contributed by atoms with Crippen LogP contribution >= 0.6 is 0 Å². The van der Waals surface area contributed by atoms with E-state index in [1.54, 1.807) is 4.90 Å². The summed E-state index contributed by atoms with van der Waals surface area (Å²) in [6.45, 7) is 6.96. The lowest BCUT2D eigenvalue weighted by Gasteiger charge is -2.34. The molecule has 11 nitrogen and oxygen atoms in total. The normalized spacial score (nSPS) is 20.7. The van der Waals surface area contributed by atoms with Crippen LogP contribution in [0.5, 0.6) is 0 Å². The Morgan fingerprint density at radius 2 is 1.82 bits per heavy atom. The Hall–Kier alpha value is -3.63. The summed E-state index contributed by atoms with van der Waals surface area (Å²) >= 11 is 0. The van der Waals surface area contributed by atoms with Crippen LogP contribution in [0, 0.1) is 17.2 Å². The molecule has 0 bridgehead atoms. The molecule has 2 aromatic carbocycles. The van der Waals surface area contributed by atoms with Crippen LogP contribution in [0.1, 0.15) is 61.6 Å². The van der Waals surface area contributed by atoms with Gasteiger partial charge in [0.05, 0.1) is 22.0 Å². The second-order valence-electron chi connectivity index (χ2n) is 12.8. The minimum absolute atomic E-state index is 0.184. The number of piperidine rings is 2. The first-order chi connectivity index (χ1) is 21.7. The minimum atomic E-state index is -1.24. The molecular weight excluding hydrogens is 588 g/mol. The number of carbonyl (C=O) groups is 2. The molecule has 0 spiro atoms.